The van der Waals surface area contributed by atoms with Crippen molar-refractivity contribution in [3.63, 3.8) is 0 Å². The lowest BCUT2D eigenvalue weighted by molar-refractivity contribution is 0.0601. The van der Waals surface area contributed by atoms with Crippen LogP contribution in [0.2, 0.25) is 5.02 Å². The summed E-state index contributed by atoms with van der Waals surface area (Å²) < 4.78 is 4.63. The van der Waals surface area contributed by atoms with Crippen LogP contribution >= 0.6 is 23.8 Å². The molecule has 0 heterocycles. The van der Waals surface area contributed by atoms with E-state index in [4.69, 9.17) is 23.8 Å². The van der Waals surface area contributed by atoms with E-state index < -0.39 is 5.97 Å². The predicted octanol–water partition coefficient (Wildman–Crippen LogP) is 2.60. The molecule has 0 bridgehead atoms. The minimum atomic E-state index is -0.492. The van der Waals surface area contributed by atoms with Crippen molar-refractivity contribution in [1.29, 1.82) is 0 Å². The molecule has 0 saturated carbocycles. The zero-order chi connectivity index (χ0) is 13.5. The maximum atomic E-state index is 11.4. The summed E-state index contributed by atoms with van der Waals surface area (Å²) in [5, 5.41) is 6.61. The van der Waals surface area contributed by atoms with E-state index in [9.17, 15) is 4.79 Å². The number of thiocarbonyl (C=S) groups is 1. The molecular formula is C12H13ClN2O2S. The molecule has 0 radical (unpaired) electrons. The number of anilines is 1. The van der Waals surface area contributed by atoms with Crippen molar-refractivity contribution in [1.82, 2.24) is 5.32 Å². The first-order chi connectivity index (χ1) is 8.58. The fraction of sp³-hybridized carbons (Fsp3) is 0.167. The molecule has 0 aliphatic heterocycles. The van der Waals surface area contributed by atoms with Crippen molar-refractivity contribution >= 4 is 40.6 Å². The summed E-state index contributed by atoms with van der Waals surface area (Å²) in [5.41, 5.74) is 0.942. The Labute approximate surface area is 116 Å². The van der Waals surface area contributed by atoms with Gasteiger partial charge in [0.25, 0.3) is 0 Å². The number of halogens is 1. The highest BCUT2D eigenvalue weighted by Crippen LogP contribution is 2.21. The van der Waals surface area contributed by atoms with Gasteiger partial charge in [-0.3, -0.25) is 0 Å². The van der Waals surface area contributed by atoms with E-state index in [2.05, 4.69) is 21.9 Å². The molecule has 18 heavy (non-hydrogen) atoms. The van der Waals surface area contributed by atoms with Crippen molar-refractivity contribution in [2.75, 3.05) is 19.0 Å². The fourth-order valence-electron chi connectivity index (χ4n) is 1.21. The number of rotatable bonds is 4. The van der Waals surface area contributed by atoms with Gasteiger partial charge in [0.05, 0.1) is 17.7 Å². The first-order valence-electron chi connectivity index (χ1n) is 5.12. The van der Waals surface area contributed by atoms with Crippen molar-refractivity contribution in [2.24, 2.45) is 0 Å². The van der Waals surface area contributed by atoms with Crippen molar-refractivity contribution < 1.29 is 9.53 Å². The third-order valence-electron chi connectivity index (χ3n) is 2.04. The van der Waals surface area contributed by atoms with Gasteiger partial charge in [0.1, 0.15) is 0 Å². The Balaban J connectivity index is 2.82. The Kier molecular flexibility index (Phi) is 5.61. The summed E-state index contributed by atoms with van der Waals surface area (Å²) in [6.45, 7) is 4.13. The number of carbonyl (C=O) groups excluding carboxylic acids is 1. The maximum Gasteiger partial charge on any atom is 0.339 e. The number of esters is 1. The highest BCUT2D eigenvalue weighted by molar-refractivity contribution is 7.80. The monoisotopic (exact) mass is 284 g/mol. The van der Waals surface area contributed by atoms with E-state index >= 15 is 0 Å². The van der Waals surface area contributed by atoms with Gasteiger partial charge in [-0.15, -0.1) is 6.58 Å². The van der Waals surface area contributed by atoms with E-state index in [1.54, 1.807) is 24.3 Å². The van der Waals surface area contributed by atoms with Crippen molar-refractivity contribution in [3.8, 4) is 0 Å². The molecule has 96 valence electrons. The zero-order valence-corrected chi connectivity index (χ0v) is 11.4. The fourth-order valence-corrected chi connectivity index (χ4v) is 1.61. The van der Waals surface area contributed by atoms with Crippen LogP contribution in [0, 0.1) is 0 Å². The van der Waals surface area contributed by atoms with Crippen LogP contribution in [0.5, 0.6) is 0 Å². The molecule has 4 nitrogen and oxygen atoms in total. The van der Waals surface area contributed by atoms with Crippen LogP contribution < -0.4 is 10.6 Å². The standard InChI is InChI=1S/C12H13ClN2O2S/c1-3-6-14-12(18)15-8-4-5-10(13)9(7-8)11(16)17-2/h3-5,7H,1,6H2,2H3,(H2,14,15,18). The van der Waals surface area contributed by atoms with Crippen LogP contribution in [0.1, 0.15) is 10.4 Å². The van der Waals surface area contributed by atoms with Gasteiger partial charge in [-0.1, -0.05) is 17.7 Å². The molecule has 1 rings (SSSR count). The normalized spacial score (nSPS) is 9.44. The van der Waals surface area contributed by atoms with Crippen LogP contribution in [0.25, 0.3) is 0 Å². The lowest BCUT2D eigenvalue weighted by Crippen LogP contribution is -2.28. The lowest BCUT2D eigenvalue weighted by Gasteiger charge is -2.10. The third-order valence-corrected chi connectivity index (χ3v) is 2.61. The number of hydrogen-bond donors (Lipinski definition) is 2. The molecule has 6 heteroatoms. The van der Waals surface area contributed by atoms with Crippen molar-refractivity contribution in [2.45, 2.75) is 0 Å². The number of ether oxygens (including phenoxy) is 1. The van der Waals surface area contributed by atoms with Crippen LogP contribution in [0.3, 0.4) is 0 Å². The van der Waals surface area contributed by atoms with Crippen LogP contribution in [-0.2, 0) is 4.74 Å². The summed E-state index contributed by atoms with van der Waals surface area (Å²) in [7, 11) is 1.30. The van der Waals surface area contributed by atoms with Gasteiger partial charge in [-0.25, -0.2) is 4.79 Å². The van der Waals surface area contributed by atoms with Gasteiger partial charge < -0.3 is 15.4 Å². The predicted molar refractivity (Wildman–Crippen MR) is 77.2 cm³/mol. The van der Waals surface area contributed by atoms with E-state index in [0.717, 1.165) is 0 Å². The molecule has 0 aliphatic carbocycles. The average Bonchev–Trinajstić information content (AvgIpc) is 2.37. The molecule has 0 aromatic heterocycles. The Morgan fingerprint density at radius 2 is 2.33 bits per heavy atom. The number of hydrogen-bond acceptors (Lipinski definition) is 3. The maximum absolute atomic E-state index is 11.4. The molecular weight excluding hydrogens is 272 g/mol. The first kappa shape index (κ1) is 14.5. The Hall–Kier alpha value is -1.59. The lowest BCUT2D eigenvalue weighted by atomic mass is 10.2. The topological polar surface area (TPSA) is 50.4 Å². The quantitative estimate of drug-likeness (QED) is 0.506. The highest BCUT2D eigenvalue weighted by atomic mass is 35.5. The van der Waals surface area contributed by atoms with Crippen LogP contribution in [0.15, 0.2) is 30.9 Å². The van der Waals surface area contributed by atoms with Crippen molar-refractivity contribution in [3.05, 3.63) is 41.4 Å². The van der Waals surface area contributed by atoms with Gasteiger partial charge >= 0.3 is 5.97 Å². The molecule has 0 aliphatic rings. The number of methoxy groups -OCH3 is 1. The summed E-state index contributed by atoms with van der Waals surface area (Å²) >= 11 is 11.0. The van der Waals surface area contributed by atoms with Gasteiger partial charge in [-0.2, -0.15) is 0 Å². The summed E-state index contributed by atoms with van der Waals surface area (Å²) in [6, 6.07) is 4.90. The molecule has 2 N–H and O–H groups in total. The van der Waals surface area contributed by atoms with E-state index in [0.29, 0.717) is 22.4 Å². The minimum absolute atomic E-state index is 0.288. The Morgan fingerprint density at radius 1 is 1.61 bits per heavy atom. The molecule has 0 saturated heterocycles. The van der Waals surface area contributed by atoms with Crippen LogP contribution in [0.4, 0.5) is 5.69 Å². The summed E-state index contributed by atoms with van der Waals surface area (Å²) in [5.74, 6) is -0.492. The minimum Gasteiger partial charge on any atom is -0.465 e. The second-order valence-corrected chi connectivity index (χ2v) is 4.13. The van der Waals surface area contributed by atoms with Gasteiger partial charge in [-0.05, 0) is 30.4 Å². The average molecular weight is 285 g/mol. The SMILES string of the molecule is C=CCNC(=S)Nc1ccc(Cl)c(C(=O)OC)c1. The number of nitrogens with one attached hydrogen (secondary N) is 2. The Morgan fingerprint density at radius 3 is 2.94 bits per heavy atom. The highest BCUT2D eigenvalue weighted by Gasteiger charge is 2.11. The zero-order valence-electron chi connectivity index (χ0n) is 9.83. The Bertz CT molecular complexity index is 477. The molecule has 1 aromatic carbocycles. The smallest absolute Gasteiger partial charge is 0.339 e. The molecule has 0 atom stereocenters. The second kappa shape index (κ2) is 6.98. The molecule has 0 spiro atoms. The number of carbonyl (C=O) groups is 1. The number of benzene rings is 1. The van der Waals surface area contributed by atoms with Gasteiger partial charge in [0.2, 0.25) is 0 Å². The van der Waals surface area contributed by atoms with E-state index in [-0.39, 0.29) is 5.56 Å². The van der Waals surface area contributed by atoms with E-state index in [1.165, 1.54) is 7.11 Å². The van der Waals surface area contributed by atoms with Crippen LogP contribution in [-0.4, -0.2) is 24.7 Å². The third kappa shape index (κ3) is 4.01. The van der Waals surface area contributed by atoms with Gasteiger partial charge in [0.15, 0.2) is 5.11 Å². The summed E-state index contributed by atoms with van der Waals surface area (Å²) in [6.07, 6.45) is 1.69. The van der Waals surface area contributed by atoms with Gasteiger partial charge in [0, 0.05) is 12.2 Å². The van der Waals surface area contributed by atoms with E-state index in [1.807, 2.05) is 0 Å². The molecule has 0 fully saturated rings. The molecule has 1 aromatic rings. The second-order valence-electron chi connectivity index (χ2n) is 3.31. The largest absolute Gasteiger partial charge is 0.465 e. The molecule has 0 amide bonds. The first-order valence-corrected chi connectivity index (χ1v) is 5.90. The molecule has 0 unspecified atom stereocenters. The summed E-state index contributed by atoms with van der Waals surface area (Å²) in [4.78, 5) is 11.4.